The summed E-state index contributed by atoms with van der Waals surface area (Å²) in [5, 5.41) is 0.335. The molecule has 1 rings (SSSR count). The zero-order valence-electron chi connectivity index (χ0n) is 11.5. The number of aromatic nitrogens is 3. The maximum absolute atomic E-state index is 11.6. The van der Waals surface area contributed by atoms with E-state index in [-0.39, 0.29) is 23.7 Å². The van der Waals surface area contributed by atoms with Gasteiger partial charge in [0.05, 0.1) is 12.4 Å². The predicted octanol–water partition coefficient (Wildman–Crippen LogP) is 1.29. The minimum absolute atomic E-state index is 0.0603. The molecule has 0 aliphatic carbocycles. The number of anilines is 1. The van der Waals surface area contributed by atoms with Crippen LogP contribution >= 0.6 is 11.8 Å². The van der Waals surface area contributed by atoms with Gasteiger partial charge in [-0.05, 0) is 27.7 Å². The number of carbonyl (C=O) groups is 1. The highest BCUT2D eigenvalue weighted by atomic mass is 32.2. The second-order valence-electron chi connectivity index (χ2n) is 4.57. The first-order chi connectivity index (χ1) is 8.80. The largest absolute Gasteiger partial charge is 0.464 e. The van der Waals surface area contributed by atoms with Gasteiger partial charge in [0.25, 0.3) is 0 Å². The highest BCUT2D eigenvalue weighted by Gasteiger charge is 2.17. The lowest BCUT2D eigenvalue weighted by molar-refractivity contribution is -0.151. The Labute approximate surface area is 116 Å². The lowest BCUT2D eigenvalue weighted by atomic mass is 10.2. The molecule has 0 amide bonds. The summed E-state index contributed by atoms with van der Waals surface area (Å²) in [6.07, 6.45) is 0. The molecule has 1 aromatic heterocycles. The Morgan fingerprint density at radius 2 is 2.00 bits per heavy atom. The van der Waals surface area contributed by atoms with Crippen LogP contribution in [0.2, 0.25) is 0 Å². The average Bonchev–Trinajstić information content (AvgIpc) is 2.24. The molecule has 8 heteroatoms. The number of nitrogens with two attached hydrogens (primary N) is 1. The molecule has 1 heterocycles. The van der Waals surface area contributed by atoms with Gasteiger partial charge in [-0.15, -0.1) is 0 Å². The lowest BCUT2D eigenvalue weighted by Crippen LogP contribution is -2.25. The van der Waals surface area contributed by atoms with E-state index in [4.69, 9.17) is 15.2 Å². The van der Waals surface area contributed by atoms with Crippen LogP contribution in [0.3, 0.4) is 0 Å². The minimum atomic E-state index is -0.508. The number of esters is 1. The molecule has 7 nitrogen and oxygen atoms in total. The maximum Gasteiger partial charge on any atom is 0.322 e. The normalized spacial score (nSPS) is 11.2. The summed E-state index contributed by atoms with van der Waals surface area (Å²) in [6.45, 7) is 7.67. The van der Waals surface area contributed by atoms with Crippen molar-refractivity contribution < 1.29 is 14.3 Å². The van der Waals surface area contributed by atoms with Crippen molar-refractivity contribution in [2.75, 3.05) is 18.1 Å². The topological polar surface area (TPSA) is 100 Å². The van der Waals surface area contributed by atoms with Crippen molar-refractivity contribution in [1.82, 2.24) is 15.0 Å². The maximum atomic E-state index is 11.6. The fourth-order valence-corrected chi connectivity index (χ4v) is 1.71. The number of hydrogen-bond donors (Lipinski definition) is 1. The molecule has 0 aliphatic rings. The van der Waals surface area contributed by atoms with Crippen LogP contribution in [0.15, 0.2) is 5.16 Å². The molecule has 0 fully saturated rings. The summed E-state index contributed by atoms with van der Waals surface area (Å²) in [4.78, 5) is 23.3. The highest BCUT2D eigenvalue weighted by molar-refractivity contribution is 7.99. The molecule has 0 saturated carbocycles. The van der Waals surface area contributed by atoms with E-state index in [0.717, 1.165) is 11.8 Å². The van der Waals surface area contributed by atoms with Gasteiger partial charge in [0, 0.05) is 0 Å². The second kappa shape index (κ2) is 6.55. The van der Waals surface area contributed by atoms with Crippen molar-refractivity contribution in [3.8, 4) is 6.01 Å². The third kappa shape index (κ3) is 6.23. The van der Waals surface area contributed by atoms with Crippen molar-refractivity contribution >= 4 is 23.7 Å². The van der Waals surface area contributed by atoms with Crippen LogP contribution in [0, 0.1) is 0 Å². The monoisotopic (exact) mass is 286 g/mol. The summed E-state index contributed by atoms with van der Waals surface area (Å²) >= 11 is 1.13. The smallest absolute Gasteiger partial charge is 0.322 e. The Morgan fingerprint density at radius 3 is 2.58 bits per heavy atom. The zero-order chi connectivity index (χ0) is 14.5. The lowest BCUT2D eigenvalue weighted by Gasteiger charge is -2.19. The number of hydrogen-bond acceptors (Lipinski definition) is 8. The first-order valence-electron chi connectivity index (χ1n) is 5.79. The summed E-state index contributed by atoms with van der Waals surface area (Å²) in [5.41, 5.74) is 5.02. The first-order valence-corrected chi connectivity index (χ1v) is 6.77. The molecule has 0 saturated heterocycles. The molecule has 1 aromatic rings. The highest BCUT2D eigenvalue weighted by Crippen LogP contribution is 2.18. The Hall–Kier alpha value is -1.57. The summed E-state index contributed by atoms with van der Waals surface area (Å²) in [6, 6.07) is 0.154. The molecule has 0 unspecified atom stereocenters. The van der Waals surface area contributed by atoms with Crippen LogP contribution in [0.5, 0.6) is 6.01 Å². The van der Waals surface area contributed by atoms with Gasteiger partial charge in [0.1, 0.15) is 5.60 Å². The standard InChI is InChI=1S/C11H18N4O3S/c1-5-17-9-13-8(12)14-10(15-9)19-6-7(16)18-11(2,3)4/h5-6H2,1-4H3,(H2,12,13,14,15). The molecule has 19 heavy (non-hydrogen) atoms. The van der Waals surface area contributed by atoms with Crippen LogP contribution in [0.4, 0.5) is 5.95 Å². The van der Waals surface area contributed by atoms with Crippen molar-refractivity contribution in [2.24, 2.45) is 0 Å². The first kappa shape index (κ1) is 15.5. The van der Waals surface area contributed by atoms with Gasteiger partial charge < -0.3 is 15.2 Å². The van der Waals surface area contributed by atoms with E-state index < -0.39 is 5.60 Å². The van der Waals surface area contributed by atoms with Crippen molar-refractivity contribution in [2.45, 2.75) is 38.5 Å². The van der Waals surface area contributed by atoms with Gasteiger partial charge in [0.2, 0.25) is 5.95 Å². The predicted molar refractivity (Wildman–Crippen MR) is 72.0 cm³/mol. The van der Waals surface area contributed by atoms with Crippen LogP contribution in [-0.2, 0) is 9.53 Å². The van der Waals surface area contributed by atoms with E-state index in [0.29, 0.717) is 11.8 Å². The molecular weight excluding hydrogens is 268 g/mol. The van der Waals surface area contributed by atoms with Gasteiger partial charge in [0.15, 0.2) is 5.16 Å². The van der Waals surface area contributed by atoms with E-state index in [1.165, 1.54) is 0 Å². The summed E-state index contributed by atoms with van der Waals surface area (Å²) < 4.78 is 10.3. The number of nitrogen functional groups attached to an aromatic ring is 1. The molecule has 106 valence electrons. The molecule has 0 aromatic carbocycles. The Bertz CT molecular complexity index is 448. The van der Waals surface area contributed by atoms with Gasteiger partial charge in [-0.2, -0.15) is 15.0 Å². The van der Waals surface area contributed by atoms with Gasteiger partial charge in [-0.1, -0.05) is 11.8 Å². The Kier molecular flexibility index (Phi) is 5.34. The molecule has 0 bridgehead atoms. The minimum Gasteiger partial charge on any atom is -0.464 e. The third-order valence-corrected chi connectivity index (χ3v) is 2.45. The van der Waals surface area contributed by atoms with Gasteiger partial charge in [-0.3, -0.25) is 4.79 Å². The molecule has 0 radical (unpaired) electrons. The summed E-state index contributed by atoms with van der Waals surface area (Å²) in [5.74, 6) is -0.175. The summed E-state index contributed by atoms with van der Waals surface area (Å²) in [7, 11) is 0. The third-order valence-electron chi connectivity index (χ3n) is 1.62. The number of ether oxygens (including phenoxy) is 2. The van der Waals surface area contributed by atoms with Gasteiger partial charge >= 0.3 is 12.0 Å². The molecule has 0 aliphatic heterocycles. The van der Waals surface area contributed by atoms with E-state index in [1.54, 1.807) is 0 Å². The van der Waals surface area contributed by atoms with E-state index in [2.05, 4.69) is 15.0 Å². The quantitative estimate of drug-likeness (QED) is 0.638. The fraction of sp³-hybridized carbons (Fsp3) is 0.636. The van der Waals surface area contributed by atoms with Crippen LogP contribution in [0.25, 0.3) is 0 Å². The van der Waals surface area contributed by atoms with Gasteiger partial charge in [-0.25, -0.2) is 0 Å². The number of thioether (sulfide) groups is 1. The number of carbonyl (C=O) groups excluding carboxylic acids is 1. The van der Waals surface area contributed by atoms with E-state index >= 15 is 0 Å². The van der Waals surface area contributed by atoms with Crippen molar-refractivity contribution in [3.05, 3.63) is 0 Å². The van der Waals surface area contributed by atoms with E-state index in [1.807, 2.05) is 27.7 Å². The molecule has 2 N–H and O–H groups in total. The van der Waals surface area contributed by atoms with Crippen LogP contribution in [0.1, 0.15) is 27.7 Å². The number of nitrogens with zero attached hydrogens (tertiary/aromatic N) is 3. The zero-order valence-corrected chi connectivity index (χ0v) is 12.3. The number of rotatable bonds is 5. The Balaban J connectivity index is 2.60. The van der Waals surface area contributed by atoms with E-state index in [9.17, 15) is 4.79 Å². The molecule has 0 atom stereocenters. The average molecular weight is 286 g/mol. The van der Waals surface area contributed by atoms with Crippen LogP contribution in [-0.4, -0.2) is 38.9 Å². The fourth-order valence-electron chi connectivity index (χ4n) is 1.11. The second-order valence-corrected chi connectivity index (χ2v) is 5.51. The molecular formula is C11H18N4O3S. The van der Waals surface area contributed by atoms with Crippen molar-refractivity contribution in [3.63, 3.8) is 0 Å². The van der Waals surface area contributed by atoms with Crippen molar-refractivity contribution in [1.29, 1.82) is 0 Å². The Morgan fingerprint density at radius 1 is 1.32 bits per heavy atom. The SMILES string of the molecule is CCOc1nc(N)nc(SCC(=O)OC(C)(C)C)n1. The van der Waals surface area contributed by atoms with Crippen LogP contribution < -0.4 is 10.5 Å². The molecule has 0 spiro atoms.